The first-order chi connectivity index (χ1) is 10.6. The summed E-state index contributed by atoms with van der Waals surface area (Å²) in [5.41, 5.74) is 1.41. The molecular weight excluding hydrogens is 300 g/mol. The maximum absolute atomic E-state index is 12.4. The Labute approximate surface area is 132 Å². The summed E-state index contributed by atoms with van der Waals surface area (Å²) < 4.78 is 0. The molecule has 0 atom stereocenters. The predicted molar refractivity (Wildman–Crippen MR) is 86.6 cm³/mol. The van der Waals surface area contributed by atoms with Crippen LogP contribution in [0.4, 0.5) is 11.4 Å². The normalized spacial score (nSPS) is 14.0. The molecule has 1 amide bonds. The molecule has 22 heavy (non-hydrogen) atoms. The summed E-state index contributed by atoms with van der Waals surface area (Å²) in [5.74, 6) is -0.271. The Morgan fingerprint density at radius 3 is 2.77 bits per heavy atom. The van der Waals surface area contributed by atoms with E-state index in [2.05, 4.69) is 5.32 Å². The first-order valence-electron chi connectivity index (χ1n) is 7.31. The summed E-state index contributed by atoms with van der Waals surface area (Å²) >= 11 is 1.51. The first-order valence-corrected chi connectivity index (χ1v) is 8.13. The maximum atomic E-state index is 12.4. The molecular formula is C16H16N2O3S. The summed E-state index contributed by atoms with van der Waals surface area (Å²) in [7, 11) is 0. The maximum Gasteiger partial charge on any atom is 0.292 e. The summed E-state index contributed by atoms with van der Waals surface area (Å²) in [6.07, 6.45) is 5.61. The van der Waals surface area contributed by atoms with Crippen LogP contribution in [0.2, 0.25) is 0 Å². The minimum absolute atomic E-state index is 0.0889. The second-order valence-electron chi connectivity index (χ2n) is 5.35. The highest BCUT2D eigenvalue weighted by atomic mass is 32.1. The van der Waals surface area contributed by atoms with Crippen LogP contribution >= 0.6 is 11.3 Å². The lowest BCUT2D eigenvalue weighted by atomic mass is 10.1. The number of benzene rings is 1. The van der Waals surface area contributed by atoms with E-state index in [0.717, 1.165) is 19.3 Å². The number of thiophene rings is 1. The third-order valence-electron chi connectivity index (χ3n) is 3.82. The van der Waals surface area contributed by atoms with Gasteiger partial charge in [0.15, 0.2) is 0 Å². The standard InChI is InChI=1S/C16H16N2O3S/c19-16(17-12-7-4-5-8-13(12)18(20)21)15-10-11-6-2-1-3-9-14(11)22-15/h4-5,7-8,10H,1-3,6,9H2,(H,17,19). The number of rotatable bonds is 3. The topological polar surface area (TPSA) is 72.2 Å². The molecule has 3 rings (SSSR count). The fraction of sp³-hybridized carbons (Fsp3) is 0.312. The van der Waals surface area contributed by atoms with Gasteiger partial charge >= 0.3 is 0 Å². The number of carbonyl (C=O) groups is 1. The fourth-order valence-corrected chi connectivity index (χ4v) is 3.85. The number of fused-ring (bicyclic) bond motifs is 1. The largest absolute Gasteiger partial charge is 0.316 e. The van der Waals surface area contributed by atoms with Crippen molar-refractivity contribution in [3.63, 3.8) is 0 Å². The molecule has 6 heteroatoms. The average molecular weight is 316 g/mol. The van der Waals surface area contributed by atoms with Crippen LogP contribution in [-0.2, 0) is 12.8 Å². The molecule has 0 bridgehead atoms. The van der Waals surface area contributed by atoms with Gasteiger partial charge in [-0.2, -0.15) is 0 Å². The second kappa shape index (κ2) is 6.27. The molecule has 1 aromatic carbocycles. The van der Waals surface area contributed by atoms with Gasteiger partial charge in [-0.3, -0.25) is 14.9 Å². The summed E-state index contributed by atoms with van der Waals surface area (Å²) in [5, 5.41) is 13.7. The van der Waals surface area contributed by atoms with Gasteiger partial charge in [-0.1, -0.05) is 18.6 Å². The van der Waals surface area contributed by atoms with Crippen LogP contribution in [0.1, 0.15) is 39.4 Å². The Bertz CT molecular complexity index is 700. The van der Waals surface area contributed by atoms with E-state index in [4.69, 9.17) is 0 Å². The van der Waals surface area contributed by atoms with Crippen LogP contribution in [-0.4, -0.2) is 10.8 Å². The van der Waals surface area contributed by atoms with Crippen molar-refractivity contribution < 1.29 is 9.72 Å². The molecule has 2 aromatic rings. The lowest BCUT2D eigenvalue weighted by Crippen LogP contribution is -2.11. The molecule has 0 saturated carbocycles. The number of nitro groups is 1. The van der Waals surface area contributed by atoms with E-state index < -0.39 is 4.92 Å². The molecule has 114 valence electrons. The highest BCUT2D eigenvalue weighted by molar-refractivity contribution is 7.14. The minimum atomic E-state index is -0.487. The highest BCUT2D eigenvalue weighted by Crippen LogP contribution is 2.30. The molecule has 1 aliphatic rings. The zero-order chi connectivity index (χ0) is 15.5. The van der Waals surface area contributed by atoms with Crippen molar-refractivity contribution in [2.24, 2.45) is 0 Å². The van der Waals surface area contributed by atoms with Crippen LogP contribution in [0, 0.1) is 10.1 Å². The first kappa shape index (κ1) is 14.7. The van der Waals surface area contributed by atoms with Crippen LogP contribution in [0.3, 0.4) is 0 Å². The highest BCUT2D eigenvalue weighted by Gasteiger charge is 2.19. The van der Waals surface area contributed by atoms with Crippen molar-refractivity contribution in [2.45, 2.75) is 32.1 Å². The molecule has 1 N–H and O–H groups in total. The second-order valence-corrected chi connectivity index (χ2v) is 6.48. The van der Waals surface area contributed by atoms with Gasteiger partial charge in [-0.05, 0) is 43.4 Å². The molecule has 0 unspecified atom stereocenters. The SMILES string of the molecule is O=C(Nc1ccccc1[N+](=O)[O-])c1cc2c(s1)CCCCC2. The molecule has 0 aliphatic heterocycles. The van der Waals surface area contributed by atoms with Gasteiger partial charge < -0.3 is 5.32 Å². The van der Waals surface area contributed by atoms with Crippen LogP contribution < -0.4 is 5.32 Å². The van der Waals surface area contributed by atoms with Crippen molar-refractivity contribution >= 4 is 28.6 Å². The Kier molecular flexibility index (Phi) is 4.20. The van der Waals surface area contributed by atoms with E-state index in [0.29, 0.717) is 4.88 Å². The molecule has 1 aromatic heterocycles. The van der Waals surface area contributed by atoms with Gasteiger partial charge in [0.1, 0.15) is 5.69 Å². The molecule has 0 spiro atoms. The zero-order valence-corrected chi connectivity index (χ0v) is 12.8. The minimum Gasteiger partial charge on any atom is -0.316 e. The predicted octanol–water partition coefficient (Wildman–Crippen LogP) is 4.18. The number of nitro benzene ring substituents is 1. The van der Waals surface area contributed by atoms with E-state index in [1.807, 2.05) is 6.07 Å². The lowest BCUT2D eigenvalue weighted by Gasteiger charge is -2.04. The van der Waals surface area contributed by atoms with Crippen LogP contribution in [0.5, 0.6) is 0 Å². The van der Waals surface area contributed by atoms with E-state index in [1.165, 1.54) is 40.7 Å². The van der Waals surface area contributed by atoms with Crippen LogP contribution in [0.15, 0.2) is 30.3 Å². The number of carbonyl (C=O) groups excluding carboxylic acids is 1. The molecule has 0 fully saturated rings. The van der Waals surface area contributed by atoms with Crippen molar-refractivity contribution in [1.82, 2.24) is 0 Å². The fourth-order valence-electron chi connectivity index (χ4n) is 2.70. The van der Waals surface area contributed by atoms with Gasteiger partial charge in [0.05, 0.1) is 9.80 Å². The molecule has 0 saturated heterocycles. The van der Waals surface area contributed by atoms with Crippen molar-refractivity contribution in [3.8, 4) is 0 Å². The Balaban J connectivity index is 1.82. The van der Waals surface area contributed by atoms with Gasteiger partial charge in [-0.15, -0.1) is 11.3 Å². The van der Waals surface area contributed by atoms with Gasteiger partial charge in [0, 0.05) is 10.9 Å². The Morgan fingerprint density at radius 2 is 1.95 bits per heavy atom. The lowest BCUT2D eigenvalue weighted by molar-refractivity contribution is -0.383. The van der Waals surface area contributed by atoms with E-state index in [-0.39, 0.29) is 17.3 Å². The van der Waals surface area contributed by atoms with Gasteiger partial charge in [-0.25, -0.2) is 0 Å². The van der Waals surface area contributed by atoms with Gasteiger partial charge in [0.2, 0.25) is 0 Å². The molecule has 1 aliphatic carbocycles. The third-order valence-corrected chi connectivity index (χ3v) is 5.06. The Hall–Kier alpha value is -2.21. The zero-order valence-electron chi connectivity index (χ0n) is 12.0. The number of nitrogens with zero attached hydrogens (tertiary/aromatic N) is 1. The Morgan fingerprint density at radius 1 is 1.18 bits per heavy atom. The van der Waals surface area contributed by atoms with E-state index in [9.17, 15) is 14.9 Å². The van der Waals surface area contributed by atoms with Gasteiger partial charge in [0.25, 0.3) is 11.6 Å². The number of nitrogens with one attached hydrogen (secondary N) is 1. The molecule has 0 radical (unpaired) electrons. The monoisotopic (exact) mass is 316 g/mol. The number of anilines is 1. The summed E-state index contributed by atoms with van der Waals surface area (Å²) in [6, 6.07) is 8.14. The quantitative estimate of drug-likeness (QED) is 0.524. The number of amides is 1. The smallest absolute Gasteiger partial charge is 0.292 e. The number of hydrogen-bond acceptors (Lipinski definition) is 4. The number of hydrogen-bond donors (Lipinski definition) is 1. The van der Waals surface area contributed by atoms with E-state index in [1.54, 1.807) is 18.2 Å². The number of aryl methyl sites for hydroxylation is 2. The van der Waals surface area contributed by atoms with Crippen molar-refractivity contribution in [1.29, 1.82) is 0 Å². The summed E-state index contributed by atoms with van der Waals surface area (Å²) in [4.78, 5) is 24.8. The van der Waals surface area contributed by atoms with Crippen molar-refractivity contribution in [3.05, 3.63) is 55.8 Å². The number of para-hydroxylation sites is 2. The third kappa shape index (κ3) is 3.01. The molecule has 1 heterocycles. The summed E-state index contributed by atoms with van der Waals surface area (Å²) in [6.45, 7) is 0. The average Bonchev–Trinajstić information content (AvgIpc) is 2.79. The van der Waals surface area contributed by atoms with Crippen molar-refractivity contribution in [2.75, 3.05) is 5.32 Å². The molecule has 5 nitrogen and oxygen atoms in total. The van der Waals surface area contributed by atoms with E-state index >= 15 is 0 Å². The van der Waals surface area contributed by atoms with Crippen LogP contribution in [0.25, 0.3) is 0 Å².